The SMILES string of the molecule is O=C(N[C@@H]1[C@@H](O)[C@H](O)CO[C@H]1O)c1ccc(-c2ccccc2P(C2CCCCC2)C2CCCCC2)cc1. The molecular formula is C30H40NO5P. The number of hydrogen-bond acceptors (Lipinski definition) is 5. The summed E-state index contributed by atoms with van der Waals surface area (Å²) in [5.74, 6) is -0.424. The minimum atomic E-state index is -1.37. The second kappa shape index (κ2) is 12.4. The van der Waals surface area contributed by atoms with E-state index in [-0.39, 0.29) is 14.5 Å². The molecule has 2 saturated carbocycles. The lowest BCUT2D eigenvalue weighted by Crippen LogP contribution is -2.60. The third-order valence-corrected chi connectivity index (χ3v) is 11.9. The van der Waals surface area contributed by atoms with Crippen LogP contribution < -0.4 is 10.6 Å². The molecule has 1 saturated heterocycles. The van der Waals surface area contributed by atoms with Crippen LogP contribution in [0.3, 0.4) is 0 Å². The van der Waals surface area contributed by atoms with E-state index >= 15 is 0 Å². The van der Waals surface area contributed by atoms with Gasteiger partial charge in [-0.1, -0.05) is 82.8 Å². The van der Waals surface area contributed by atoms with Gasteiger partial charge >= 0.3 is 0 Å². The standard InChI is InChI=1S/C30H40NO5P/c32-25-19-36-30(35)27(28(25)33)31-29(34)21-17-15-20(16-18-21)24-13-7-8-14-26(24)37(22-9-3-1-4-10-22)23-11-5-2-6-12-23/h7-8,13-18,22-23,25,27-28,30,32-33,35H,1-6,9-12,19H2,(H,31,34)/t25-,27-,28+,30-/m1/s1. The lowest BCUT2D eigenvalue weighted by molar-refractivity contribution is -0.210. The second-order valence-electron chi connectivity index (χ2n) is 10.9. The number of aliphatic hydroxyl groups excluding tert-OH is 3. The van der Waals surface area contributed by atoms with Crippen molar-refractivity contribution in [1.29, 1.82) is 0 Å². The van der Waals surface area contributed by atoms with Crippen molar-refractivity contribution in [2.75, 3.05) is 6.61 Å². The molecule has 3 fully saturated rings. The van der Waals surface area contributed by atoms with E-state index in [4.69, 9.17) is 4.74 Å². The Kier molecular flexibility index (Phi) is 8.94. The van der Waals surface area contributed by atoms with Gasteiger partial charge in [-0.3, -0.25) is 4.79 Å². The summed E-state index contributed by atoms with van der Waals surface area (Å²) in [4.78, 5) is 12.9. The molecule has 0 unspecified atom stereocenters. The Morgan fingerprint density at radius 1 is 0.811 bits per heavy atom. The summed E-state index contributed by atoms with van der Waals surface area (Å²) in [6.45, 7) is -0.174. The first-order valence-electron chi connectivity index (χ1n) is 14.0. The summed E-state index contributed by atoms with van der Waals surface area (Å²) >= 11 is 0. The van der Waals surface area contributed by atoms with E-state index in [1.165, 1.54) is 75.1 Å². The zero-order valence-corrected chi connectivity index (χ0v) is 22.4. The molecule has 0 bridgehead atoms. The van der Waals surface area contributed by atoms with Crippen LogP contribution >= 0.6 is 7.92 Å². The average Bonchev–Trinajstić information content (AvgIpc) is 2.95. The van der Waals surface area contributed by atoms with Crippen molar-refractivity contribution in [3.05, 3.63) is 54.1 Å². The zero-order chi connectivity index (χ0) is 25.8. The highest BCUT2D eigenvalue weighted by Crippen LogP contribution is 2.56. The van der Waals surface area contributed by atoms with Gasteiger partial charge in [0.2, 0.25) is 0 Å². The lowest BCUT2D eigenvalue weighted by atomic mass is 9.99. The van der Waals surface area contributed by atoms with Gasteiger partial charge in [-0.25, -0.2) is 0 Å². The molecule has 1 heterocycles. The van der Waals surface area contributed by atoms with Gasteiger partial charge in [0.1, 0.15) is 18.2 Å². The highest BCUT2D eigenvalue weighted by atomic mass is 31.1. The highest BCUT2D eigenvalue weighted by Gasteiger charge is 2.39. The third kappa shape index (κ3) is 6.10. The minimum Gasteiger partial charge on any atom is -0.388 e. The summed E-state index contributed by atoms with van der Waals surface area (Å²) in [6, 6.07) is 15.4. The van der Waals surface area contributed by atoms with Crippen LogP contribution in [0.5, 0.6) is 0 Å². The van der Waals surface area contributed by atoms with E-state index in [0.29, 0.717) is 5.56 Å². The maximum atomic E-state index is 12.9. The molecule has 1 amide bonds. The Morgan fingerprint density at radius 3 is 2.03 bits per heavy atom. The molecule has 1 aliphatic heterocycles. The van der Waals surface area contributed by atoms with Gasteiger partial charge in [0.25, 0.3) is 5.91 Å². The second-order valence-corrected chi connectivity index (χ2v) is 13.6. The predicted octanol–water partition coefficient (Wildman–Crippen LogP) is 4.30. The Morgan fingerprint density at radius 2 is 1.41 bits per heavy atom. The van der Waals surface area contributed by atoms with Crippen LogP contribution in [-0.2, 0) is 4.74 Å². The first-order valence-corrected chi connectivity index (χ1v) is 15.5. The first kappa shape index (κ1) is 26.8. The topological polar surface area (TPSA) is 99.0 Å². The average molecular weight is 526 g/mol. The number of amides is 1. The monoisotopic (exact) mass is 525 g/mol. The molecule has 3 aliphatic rings. The van der Waals surface area contributed by atoms with Gasteiger partial charge in [-0.05, 0) is 65.6 Å². The predicted molar refractivity (Wildman–Crippen MR) is 147 cm³/mol. The lowest BCUT2D eigenvalue weighted by Gasteiger charge is -2.39. The largest absolute Gasteiger partial charge is 0.388 e. The molecule has 0 radical (unpaired) electrons. The van der Waals surface area contributed by atoms with E-state index in [0.717, 1.165) is 16.9 Å². The molecule has 2 aromatic rings. The van der Waals surface area contributed by atoms with Crippen LogP contribution in [0.1, 0.15) is 74.6 Å². The maximum Gasteiger partial charge on any atom is 0.251 e. The highest BCUT2D eigenvalue weighted by molar-refractivity contribution is 7.67. The van der Waals surface area contributed by atoms with Gasteiger partial charge in [-0.15, -0.1) is 0 Å². The summed E-state index contributed by atoms with van der Waals surface area (Å²) in [6.07, 6.45) is 9.76. The Hall–Kier alpha value is -1.82. The number of rotatable bonds is 6. The number of nitrogens with one attached hydrogen (secondary N) is 1. The fraction of sp³-hybridized carbons (Fsp3) is 0.567. The molecule has 2 aromatic carbocycles. The molecule has 5 rings (SSSR count). The van der Waals surface area contributed by atoms with Crippen molar-refractivity contribution in [3.63, 3.8) is 0 Å². The quantitative estimate of drug-likeness (QED) is 0.422. The summed E-state index contributed by atoms with van der Waals surface area (Å²) < 4.78 is 5.05. The normalized spacial score (nSPS) is 27.8. The van der Waals surface area contributed by atoms with Gasteiger partial charge < -0.3 is 25.4 Å². The number of carbonyl (C=O) groups excluding carboxylic acids is 1. The van der Waals surface area contributed by atoms with Crippen LogP contribution in [0.2, 0.25) is 0 Å². The van der Waals surface area contributed by atoms with Gasteiger partial charge in [0.05, 0.1) is 6.61 Å². The summed E-state index contributed by atoms with van der Waals surface area (Å²) in [7, 11) is -0.255. The number of benzene rings is 2. The van der Waals surface area contributed by atoms with Crippen LogP contribution in [0, 0.1) is 0 Å². The molecule has 0 aromatic heterocycles. The number of carbonyl (C=O) groups is 1. The van der Waals surface area contributed by atoms with Crippen molar-refractivity contribution in [1.82, 2.24) is 5.32 Å². The van der Waals surface area contributed by atoms with E-state index < -0.39 is 30.4 Å². The summed E-state index contributed by atoms with van der Waals surface area (Å²) in [5.41, 5.74) is 4.45. The molecule has 0 spiro atoms. The number of aliphatic hydroxyl groups is 3. The smallest absolute Gasteiger partial charge is 0.251 e. The fourth-order valence-electron chi connectivity index (χ4n) is 6.35. The molecule has 2 aliphatic carbocycles. The fourth-order valence-corrected chi connectivity index (χ4v) is 10.3. The number of hydrogen-bond donors (Lipinski definition) is 4. The van der Waals surface area contributed by atoms with E-state index in [2.05, 4.69) is 29.6 Å². The van der Waals surface area contributed by atoms with Crippen LogP contribution in [-0.4, -0.2) is 63.7 Å². The van der Waals surface area contributed by atoms with E-state index in [1.54, 1.807) is 12.1 Å². The van der Waals surface area contributed by atoms with Gasteiger partial charge in [-0.2, -0.15) is 0 Å². The third-order valence-electron chi connectivity index (χ3n) is 8.38. The maximum absolute atomic E-state index is 12.9. The Labute approximate surface area is 221 Å². The molecule has 7 heteroatoms. The first-order chi connectivity index (χ1) is 18.0. The molecule has 6 nitrogen and oxygen atoms in total. The number of ether oxygens (including phenoxy) is 1. The van der Waals surface area contributed by atoms with Crippen LogP contribution in [0.25, 0.3) is 11.1 Å². The van der Waals surface area contributed by atoms with E-state index in [9.17, 15) is 20.1 Å². The molecule has 200 valence electrons. The van der Waals surface area contributed by atoms with Crippen LogP contribution in [0.4, 0.5) is 0 Å². The van der Waals surface area contributed by atoms with Crippen LogP contribution in [0.15, 0.2) is 48.5 Å². The van der Waals surface area contributed by atoms with Crippen molar-refractivity contribution in [3.8, 4) is 11.1 Å². The van der Waals surface area contributed by atoms with Gasteiger partial charge in [0.15, 0.2) is 6.29 Å². The molecule has 4 N–H and O–H groups in total. The summed E-state index contributed by atoms with van der Waals surface area (Å²) in [5, 5.41) is 34.2. The Balaban J connectivity index is 1.38. The molecule has 37 heavy (non-hydrogen) atoms. The van der Waals surface area contributed by atoms with Crippen molar-refractivity contribution >= 4 is 19.1 Å². The van der Waals surface area contributed by atoms with E-state index in [1.807, 2.05) is 12.1 Å². The van der Waals surface area contributed by atoms with Crippen molar-refractivity contribution in [2.45, 2.75) is 100 Å². The van der Waals surface area contributed by atoms with Crippen molar-refractivity contribution < 1.29 is 24.9 Å². The molecule has 4 atom stereocenters. The van der Waals surface area contributed by atoms with Gasteiger partial charge in [0, 0.05) is 5.56 Å². The molecular weight excluding hydrogens is 485 g/mol. The van der Waals surface area contributed by atoms with Crippen molar-refractivity contribution in [2.24, 2.45) is 0 Å². The Bertz CT molecular complexity index is 1020. The minimum absolute atomic E-state index is 0.174. The zero-order valence-electron chi connectivity index (χ0n) is 21.5.